The monoisotopic (exact) mass is 242 g/mol. The Labute approximate surface area is 103 Å². The van der Waals surface area contributed by atoms with Crippen molar-refractivity contribution in [2.45, 2.75) is 6.54 Å². The molecule has 90 valence electrons. The predicted octanol–water partition coefficient (Wildman–Crippen LogP) is 2.22. The van der Waals surface area contributed by atoms with Crippen LogP contribution in [0.5, 0.6) is 0 Å². The molecular formula is C13H11FN4. The minimum absolute atomic E-state index is 0.246. The molecule has 3 aromatic rings. The molecule has 0 bridgehead atoms. The van der Waals surface area contributed by atoms with Crippen LogP contribution in [0.4, 0.5) is 4.39 Å². The van der Waals surface area contributed by atoms with E-state index in [0.717, 1.165) is 10.9 Å². The molecule has 3 rings (SSSR count). The molecule has 1 heterocycles. The van der Waals surface area contributed by atoms with Gasteiger partial charge in [-0.05, 0) is 17.5 Å². The summed E-state index contributed by atoms with van der Waals surface area (Å²) >= 11 is 0. The second kappa shape index (κ2) is 4.19. The van der Waals surface area contributed by atoms with Crippen LogP contribution in [0.25, 0.3) is 22.2 Å². The summed E-state index contributed by atoms with van der Waals surface area (Å²) in [5, 5.41) is 8.21. The molecule has 5 heteroatoms. The highest BCUT2D eigenvalue weighted by atomic mass is 19.1. The number of benzene rings is 2. The van der Waals surface area contributed by atoms with Crippen LogP contribution in [-0.2, 0) is 6.54 Å². The zero-order valence-corrected chi connectivity index (χ0v) is 9.52. The highest BCUT2D eigenvalue weighted by Crippen LogP contribution is 2.27. The molecule has 0 atom stereocenters. The van der Waals surface area contributed by atoms with Crippen molar-refractivity contribution in [3.63, 3.8) is 0 Å². The molecule has 0 unspecified atom stereocenters. The van der Waals surface area contributed by atoms with Crippen molar-refractivity contribution in [3.05, 3.63) is 48.0 Å². The number of hydrogen-bond acceptors (Lipinski definition) is 3. The van der Waals surface area contributed by atoms with Gasteiger partial charge in [-0.1, -0.05) is 24.3 Å². The van der Waals surface area contributed by atoms with Gasteiger partial charge in [-0.25, -0.2) is 9.37 Å². The first-order valence-electron chi connectivity index (χ1n) is 5.58. The molecule has 0 aliphatic heterocycles. The van der Waals surface area contributed by atoms with Crippen molar-refractivity contribution in [2.24, 2.45) is 5.73 Å². The summed E-state index contributed by atoms with van der Waals surface area (Å²) in [4.78, 5) is 4.26. The van der Waals surface area contributed by atoms with E-state index in [4.69, 9.17) is 5.73 Å². The van der Waals surface area contributed by atoms with Gasteiger partial charge in [0.2, 0.25) is 0 Å². The lowest BCUT2D eigenvalue weighted by molar-refractivity contribution is 0.640. The average molecular weight is 242 g/mol. The standard InChI is InChI=1S/C13H11FN4/c14-11-6-5-10(8-3-1-2-4-9(8)11)13-16-12(7-15)17-18-13/h1-6H,7,15H2,(H,16,17,18). The summed E-state index contributed by atoms with van der Waals surface area (Å²) in [6.45, 7) is 0.298. The summed E-state index contributed by atoms with van der Waals surface area (Å²) in [6.07, 6.45) is 0. The Hall–Kier alpha value is -2.27. The molecule has 2 aromatic carbocycles. The zero-order chi connectivity index (χ0) is 12.5. The highest BCUT2D eigenvalue weighted by molar-refractivity contribution is 5.95. The van der Waals surface area contributed by atoms with Crippen LogP contribution in [0.15, 0.2) is 36.4 Å². The van der Waals surface area contributed by atoms with Gasteiger partial charge in [0.15, 0.2) is 5.82 Å². The lowest BCUT2D eigenvalue weighted by atomic mass is 10.0. The molecule has 18 heavy (non-hydrogen) atoms. The van der Waals surface area contributed by atoms with Crippen molar-refractivity contribution in [1.82, 2.24) is 15.2 Å². The first kappa shape index (κ1) is 10.9. The number of nitrogens with one attached hydrogen (secondary N) is 1. The lowest BCUT2D eigenvalue weighted by Gasteiger charge is -2.03. The van der Waals surface area contributed by atoms with Crippen LogP contribution in [0.1, 0.15) is 5.82 Å². The van der Waals surface area contributed by atoms with Gasteiger partial charge < -0.3 is 5.73 Å². The van der Waals surface area contributed by atoms with E-state index in [1.165, 1.54) is 6.07 Å². The third-order valence-corrected chi connectivity index (χ3v) is 2.84. The molecule has 4 nitrogen and oxygen atoms in total. The van der Waals surface area contributed by atoms with Crippen molar-refractivity contribution < 1.29 is 4.39 Å². The molecule has 0 saturated heterocycles. The minimum atomic E-state index is -0.246. The van der Waals surface area contributed by atoms with Crippen LogP contribution in [-0.4, -0.2) is 15.2 Å². The summed E-state index contributed by atoms with van der Waals surface area (Å²) in [5.41, 5.74) is 6.28. The van der Waals surface area contributed by atoms with Crippen molar-refractivity contribution >= 4 is 10.8 Å². The summed E-state index contributed by atoms with van der Waals surface area (Å²) in [6, 6.07) is 10.4. The predicted molar refractivity (Wildman–Crippen MR) is 67.2 cm³/mol. The number of halogens is 1. The normalized spacial score (nSPS) is 11.0. The fraction of sp³-hybridized carbons (Fsp3) is 0.0769. The van der Waals surface area contributed by atoms with E-state index in [-0.39, 0.29) is 5.82 Å². The number of aromatic amines is 1. The zero-order valence-electron chi connectivity index (χ0n) is 9.52. The number of rotatable bonds is 2. The van der Waals surface area contributed by atoms with Gasteiger partial charge in [0, 0.05) is 10.9 Å². The van der Waals surface area contributed by atoms with E-state index in [9.17, 15) is 4.39 Å². The minimum Gasteiger partial charge on any atom is -0.324 e. The summed E-state index contributed by atoms with van der Waals surface area (Å²) < 4.78 is 13.7. The molecule has 0 radical (unpaired) electrons. The van der Waals surface area contributed by atoms with E-state index in [0.29, 0.717) is 23.6 Å². The fourth-order valence-electron chi connectivity index (χ4n) is 1.96. The van der Waals surface area contributed by atoms with E-state index in [2.05, 4.69) is 15.2 Å². The van der Waals surface area contributed by atoms with Crippen LogP contribution in [0.2, 0.25) is 0 Å². The maximum absolute atomic E-state index is 13.7. The Kier molecular flexibility index (Phi) is 2.53. The molecule has 0 aliphatic carbocycles. The van der Waals surface area contributed by atoms with Crippen LogP contribution < -0.4 is 5.73 Å². The maximum Gasteiger partial charge on any atom is 0.181 e. The quantitative estimate of drug-likeness (QED) is 0.724. The molecule has 0 amide bonds. The Morgan fingerprint density at radius 3 is 2.61 bits per heavy atom. The van der Waals surface area contributed by atoms with Gasteiger partial charge in [0.05, 0.1) is 6.54 Å². The smallest absolute Gasteiger partial charge is 0.181 e. The third kappa shape index (κ3) is 1.65. The summed E-state index contributed by atoms with van der Waals surface area (Å²) in [7, 11) is 0. The maximum atomic E-state index is 13.7. The third-order valence-electron chi connectivity index (χ3n) is 2.84. The molecule has 0 fully saturated rings. The van der Waals surface area contributed by atoms with E-state index >= 15 is 0 Å². The highest BCUT2D eigenvalue weighted by Gasteiger charge is 2.11. The first-order chi connectivity index (χ1) is 8.79. The number of hydrogen-bond donors (Lipinski definition) is 2. The Morgan fingerprint density at radius 2 is 1.89 bits per heavy atom. The van der Waals surface area contributed by atoms with Gasteiger partial charge in [0.1, 0.15) is 11.6 Å². The molecule has 0 spiro atoms. The Balaban J connectivity index is 2.26. The van der Waals surface area contributed by atoms with Crippen LogP contribution >= 0.6 is 0 Å². The Morgan fingerprint density at radius 1 is 1.11 bits per heavy atom. The number of H-pyrrole nitrogens is 1. The summed E-state index contributed by atoms with van der Waals surface area (Å²) in [5.74, 6) is 0.897. The molecule has 0 aliphatic rings. The number of fused-ring (bicyclic) bond motifs is 1. The van der Waals surface area contributed by atoms with Crippen LogP contribution in [0, 0.1) is 5.82 Å². The van der Waals surface area contributed by atoms with Gasteiger partial charge in [-0.15, -0.1) is 0 Å². The lowest BCUT2D eigenvalue weighted by Crippen LogP contribution is -1.98. The molecular weight excluding hydrogens is 231 g/mol. The number of nitrogens with zero attached hydrogens (tertiary/aromatic N) is 2. The average Bonchev–Trinajstić information content (AvgIpc) is 2.88. The van der Waals surface area contributed by atoms with Gasteiger partial charge >= 0.3 is 0 Å². The van der Waals surface area contributed by atoms with Gasteiger partial charge in [-0.2, -0.15) is 5.10 Å². The van der Waals surface area contributed by atoms with Crippen LogP contribution in [0.3, 0.4) is 0 Å². The van der Waals surface area contributed by atoms with Gasteiger partial charge in [-0.3, -0.25) is 5.10 Å². The second-order valence-electron chi connectivity index (χ2n) is 3.95. The molecule has 1 aromatic heterocycles. The first-order valence-corrected chi connectivity index (χ1v) is 5.58. The number of nitrogens with two attached hydrogens (primary N) is 1. The van der Waals surface area contributed by atoms with Crippen molar-refractivity contribution in [1.29, 1.82) is 0 Å². The van der Waals surface area contributed by atoms with Crippen molar-refractivity contribution in [3.8, 4) is 11.4 Å². The van der Waals surface area contributed by atoms with E-state index in [1.807, 2.05) is 12.1 Å². The van der Waals surface area contributed by atoms with E-state index < -0.39 is 0 Å². The number of aromatic nitrogens is 3. The Bertz CT molecular complexity index is 705. The molecule has 3 N–H and O–H groups in total. The largest absolute Gasteiger partial charge is 0.324 e. The fourth-order valence-corrected chi connectivity index (χ4v) is 1.96. The molecule has 0 saturated carbocycles. The van der Waals surface area contributed by atoms with Crippen molar-refractivity contribution in [2.75, 3.05) is 0 Å². The van der Waals surface area contributed by atoms with E-state index in [1.54, 1.807) is 18.2 Å². The van der Waals surface area contributed by atoms with Gasteiger partial charge in [0.25, 0.3) is 0 Å². The second-order valence-corrected chi connectivity index (χ2v) is 3.95. The SMILES string of the molecule is NCc1nc(-c2ccc(F)c3ccccc23)n[nH]1. The topological polar surface area (TPSA) is 67.6 Å².